The zero-order valence-electron chi connectivity index (χ0n) is 9.95. The second kappa shape index (κ2) is 3.67. The Balaban J connectivity index is 2.41. The number of imidazole rings is 1. The van der Waals surface area contributed by atoms with Crippen molar-refractivity contribution in [3.63, 3.8) is 0 Å². The first-order valence-corrected chi connectivity index (χ1v) is 5.62. The smallest absolute Gasteiger partial charge is 0.330 e. The minimum absolute atomic E-state index is 0.119. The van der Waals surface area contributed by atoms with Crippen molar-refractivity contribution in [1.29, 1.82) is 0 Å². The van der Waals surface area contributed by atoms with Crippen LogP contribution in [-0.2, 0) is 16.1 Å². The number of aliphatic carboxylic acids is 1. The van der Waals surface area contributed by atoms with Gasteiger partial charge < -0.3 is 10.4 Å². The van der Waals surface area contributed by atoms with E-state index in [-0.39, 0.29) is 12.5 Å². The molecule has 3 heterocycles. The number of carbonyl (C=O) groups excluding carboxylic acids is 1. The number of carbonyl (C=O) groups is 2. The molecule has 1 unspecified atom stereocenters. The van der Waals surface area contributed by atoms with Crippen LogP contribution in [-0.4, -0.2) is 31.1 Å². The van der Waals surface area contributed by atoms with Crippen molar-refractivity contribution >= 4 is 28.6 Å². The Morgan fingerprint density at radius 3 is 2.89 bits per heavy atom. The fourth-order valence-electron chi connectivity index (χ4n) is 2.29. The van der Waals surface area contributed by atoms with E-state index in [0.717, 1.165) is 4.57 Å². The van der Waals surface area contributed by atoms with Gasteiger partial charge in [0.25, 0.3) is 0 Å². The van der Waals surface area contributed by atoms with Crippen LogP contribution in [0.15, 0.2) is 17.2 Å². The maximum atomic E-state index is 12.3. The summed E-state index contributed by atoms with van der Waals surface area (Å²) in [6, 6.07) is -1.03. The van der Waals surface area contributed by atoms with Crippen molar-refractivity contribution in [1.82, 2.24) is 14.1 Å². The molecule has 0 spiro atoms. The summed E-state index contributed by atoms with van der Waals surface area (Å²) in [4.78, 5) is 38.8. The van der Waals surface area contributed by atoms with Crippen molar-refractivity contribution in [3.05, 3.63) is 22.9 Å². The summed E-state index contributed by atoms with van der Waals surface area (Å²) < 4.78 is 2.40. The highest BCUT2D eigenvalue weighted by Gasteiger charge is 2.27. The quantitative estimate of drug-likeness (QED) is 0.779. The summed E-state index contributed by atoms with van der Waals surface area (Å²) in [5.74, 6) is -1.45. The van der Waals surface area contributed by atoms with Gasteiger partial charge in [-0.05, 0) is 6.92 Å². The number of pyridine rings is 1. The first-order valence-electron chi connectivity index (χ1n) is 5.62. The van der Waals surface area contributed by atoms with Gasteiger partial charge in [-0.3, -0.25) is 18.9 Å². The summed E-state index contributed by atoms with van der Waals surface area (Å²) >= 11 is 0. The Kier molecular flexibility index (Phi) is 2.21. The molecule has 0 bridgehead atoms. The molecule has 0 aliphatic carbocycles. The molecule has 0 saturated carbocycles. The molecule has 1 atom stereocenters. The molecule has 8 heteroatoms. The van der Waals surface area contributed by atoms with Gasteiger partial charge in [0.2, 0.25) is 5.91 Å². The van der Waals surface area contributed by atoms with Gasteiger partial charge in [-0.2, -0.15) is 0 Å². The third kappa shape index (κ3) is 1.46. The highest BCUT2D eigenvalue weighted by molar-refractivity contribution is 6.03. The van der Waals surface area contributed by atoms with E-state index in [9.17, 15) is 14.4 Å². The van der Waals surface area contributed by atoms with Crippen molar-refractivity contribution in [2.24, 2.45) is 0 Å². The zero-order valence-corrected chi connectivity index (χ0v) is 9.95. The number of carboxylic acid groups (broad SMARTS) is 1. The van der Waals surface area contributed by atoms with Crippen LogP contribution in [0.4, 0.5) is 5.69 Å². The Morgan fingerprint density at radius 1 is 1.47 bits per heavy atom. The lowest BCUT2D eigenvalue weighted by molar-refractivity contribution is -0.140. The third-order valence-corrected chi connectivity index (χ3v) is 3.19. The molecule has 2 aromatic heterocycles. The largest absolute Gasteiger partial charge is 0.480 e. The average Bonchev–Trinajstić information content (AvgIpc) is 2.63. The molecule has 0 aromatic carbocycles. The first-order chi connectivity index (χ1) is 9.00. The summed E-state index contributed by atoms with van der Waals surface area (Å²) in [7, 11) is 0. The van der Waals surface area contributed by atoms with Crippen molar-refractivity contribution in [2.75, 3.05) is 5.32 Å². The monoisotopic (exact) mass is 262 g/mol. The van der Waals surface area contributed by atoms with Crippen molar-refractivity contribution in [2.45, 2.75) is 19.5 Å². The van der Waals surface area contributed by atoms with Crippen LogP contribution in [0.5, 0.6) is 0 Å². The zero-order chi connectivity index (χ0) is 13.7. The van der Waals surface area contributed by atoms with Gasteiger partial charge in [0.15, 0.2) is 0 Å². The summed E-state index contributed by atoms with van der Waals surface area (Å²) in [5, 5.41) is 11.7. The molecular formula is C11H10N4O4. The molecule has 0 saturated heterocycles. The molecule has 0 fully saturated rings. The molecule has 1 aliphatic heterocycles. The molecule has 1 aliphatic rings. The lowest BCUT2D eigenvalue weighted by atomic mass is 10.2. The van der Waals surface area contributed by atoms with E-state index < -0.39 is 17.7 Å². The summed E-state index contributed by atoms with van der Waals surface area (Å²) in [6.45, 7) is 1.29. The SMILES string of the molecule is CC(C(=O)O)n1c(=O)n2c3c(cncc31)NC(=O)C2. The Labute approximate surface area is 106 Å². The van der Waals surface area contributed by atoms with E-state index in [0.29, 0.717) is 16.7 Å². The second-order valence-corrected chi connectivity index (χ2v) is 4.36. The summed E-state index contributed by atoms with van der Waals surface area (Å²) in [6.07, 6.45) is 2.86. The summed E-state index contributed by atoms with van der Waals surface area (Å²) in [5.41, 5.74) is 0.807. The van der Waals surface area contributed by atoms with Crippen molar-refractivity contribution < 1.29 is 14.7 Å². The van der Waals surface area contributed by atoms with Crippen LogP contribution in [0, 0.1) is 0 Å². The van der Waals surface area contributed by atoms with Crippen molar-refractivity contribution in [3.8, 4) is 0 Å². The average molecular weight is 262 g/mol. The molecule has 98 valence electrons. The molecular weight excluding hydrogens is 252 g/mol. The number of carboxylic acids is 1. The van der Waals surface area contributed by atoms with Gasteiger partial charge in [0.05, 0.1) is 29.1 Å². The van der Waals surface area contributed by atoms with Gasteiger partial charge in [-0.25, -0.2) is 9.59 Å². The van der Waals surface area contributed by atoms with Gasteiger partial charge >= 0.3 is 11.7 Å². The lowest BCUT2D eigenvalue weighted by Gasteiger charge is -2.13. The molecule has 19 heavy (non-hydrogen) atoms. The van der Waals surface area contributed by atoms with Crippen LogP contribution >= 0.6 is 0 Å². The van der Waals surface area contributed by atoms with Gasteiger partial charge in [-0.15, -0.1) is 0 Å². The van der Waals surface area contributed by atoms with Gasteiger partial charge in [-0.1, -0.05) is 0 Å². The highest BCUT2D eigenvalue weighted by atomic mass is 16.4. The van der Waals surface area contributed by atoms with E-state index in [1.807, 2.05) is 0 Å². The molecule has 8 nitrogen and oxygen atoms in total. The van der Waals surface area contributed by atoms with E-state index in [4.69, 9.17) is 5.11 Å². The fourth-order valence-corrected chi connectivity index (χ4v) is 2.29. The Morgan fingerprint density at radius 2 is 2.21 bits per heavy atom. The van der Waals surface area contributed by atoms with E-state index in [1.165, 1.54) is 23.9 Å². The number of hydrogen-bond donors (Lipinski definition) is 2. The topological polar surface area (TPSA) is 106 Å². The molecule has 0 radical (unpaired) electrons. The predicted octanol–water partition coefficient (Wildman–Crippen LogP) is -0.204. The van der Waals surface area contributed by atoms with Gasteiger partial charge in [0.1, 0.15) is 12.6 Å². The number of nitrogens with zero attached hydrogens (tertiary/aromatic N) is 3. The lowest BCUT2D eigenvalue weighted by Crippen LogP contribution is -2.34. The van der Waals surface area contributed by atoms with Crippen LogP contribution in [0.1, 0.15) is 13.0 Å². The molecule has 3 rings (SSSR count). The van der Waals surface area contributed by atoms with Gasteiger partial charge in [0, 0.05) is 0 Å². The number of anilines is 1. The second-order valence-electron chi connectivity index (χ2n) is 4.36. The molecule has 2 N–H and O–H groups in total. The van der Waals surface area contributed by atoms with Crippen LogP contribution in [0.2, 0.25) is 0 Å². The van der Waals surface area contributed by atoms with E-state index >= 15 is 0 Å². The number of rotatable bonds is 2. The predicted molar refractivity (Wildman–Crippen MR) is 65.0 cm³/mol. The van der Waals surface area contributed by atoms with Crippen LogP contribution in [0.25, 0.3) is 11.0 Å². The van der Waals surface area contributed by atoms with E-state index in [2.05, 4.69) is 10.3 Å². The fraction of sp³-hybridized carbons (Fsp3) is 0.273. The number of amides is 1. The highest BCUT2D eigenvalue weighted by Crippen LogP contribution is 2.26. The normalized spacial score (nSPS) is 15.3. The maximum absolute atomic E-state index is 12.3. The number of hydrogen-bond acceptors (Lipinski definition) is 4. The molecule has 1 amide bonds. The maximum Gasteiger partial charge on any atom is 0.330 e. The minimum Gasteiger partial charge on any atom is -0.480 e. The van der Waals surface area contributed by atoms with Crippen LogP contribution in [0.3, 0.4) is 0 Å². The third-order valence-electron chi connectivity index (χ3n) is 3.19. The number of aromatic nitrogens is 3. The first kappa shape index (κ1) is 11.5. The Hall–Kier alpha value is -2.64. The molecule has 2 aromatic rings. The minimum atomic E-state index is -1.12. The number of nitrogens with one attached hydrogen (secondary N) is 1. The Bertz CT molecular complexity index is 773. The standard InChI is InChI=1S/C11H10N4O4/c1-5(10(17)18)15-7-3-12-2-6-9(7)14(11(15)19)4-8(16)13-6/h2-3,5H,4H2,1H3,(H,13,16)(H,17,18). The van der Waals surface area contributed by atoms with Crippen LogP contribution < -0.4 is 11.0 Å². The van der Waals surface area contributed by atoms with E-state index in [1.54, 1.807) is 0 Å².